The average Bonchev–Trinajstić information content (AvgIpc) is 2.57. The second-order valence-corrected chi connectivity index (χ2v) is 4.22. The van der Waals surface area contributed by atoms with Gasteiger partial charge in [0.1, 0.15) is 5.69 Å². The standard InChI is InChI=1S/C11H14N2O2/c1-3-11(2)7-12-10-8(11)5-4-6-9(10)13(14)15/h4-6,12H,3,7H2,1-2H3/t11-/m1/s1. The quantitative estimate of drug-likeness (QED) is 0.597. The minimum atomic E-state index is -0.326. The number of rotatable bonds is 2. The van der Waals surface area contributed by atoms with Crippen LogP contribution in [0.2, 0.25) is 0 Å². The molecule has 0 spiro atoms. The third-order valence-corrected chi connectivity index (χ3v) is 3.33. The van der Waals surface area contributed by atoms with Crippen LogP contribution in [0.1, 0.15) is 25.8 Å². The van der Waals surface area contributed by atoms with Crippen molar-refractivity contribution in [3.8, 4) is 0 Å². The van der Waals surface area contributed by atoms with E-state index in [1.807, 2.05) is 6.07 Å². The van der Waals surface area contributed by atoms with Crippen LogP contribution < -0.4 is 5.32 Å². The van der Waals surface area contributed by atoms with Gasteiger partial charge in [0.2, 0.25) is 0 Å². The van der Waals surface area contributed by atoms with Gasteiger partial charge in [0, 0.05) is 18.0 Å². The zero-order valence-corrected chi connectivity index (χ0v) is 8.91. The minimum Gasteiger partial charge on any atom is -0.378 e. The first-order chi connectivity index (χ1) is 7.08. The van der Waals surface area contributed by atoms with Crippen LogP contribution in [0.4, 0.5) is 11.4 Å². The van der Waals surface area contributed by atoms with Crippen LogP contribution in [0.3, 0.4) is 0 Å². The fourth-order valence-electron chi connectivity index (χ4n) is 2.08. The highest BCUT2D eigenvalue weighted by molar-refractivity contribution is 5.71. The van der Waals surface area contributed by atoms with E-state index in [4.69, 9.17) is 0 Å². The highest BCUT2D eigenvalue weighted by Crippen LogP contribution is 2.43. The molecule has 2 rings (SSSR count). The van der Waals surface area contributed by atoms with Gasteiger partial charge in [-0.25, -0.2) is 0 Å². The van der Waals surface area contributed by atoms with Gasteiger partial charge in [0.05, 0.1) is 4.92 Å². The molecule has 1 aromatic rings. The molecule has 0 radical (unpaired) electrons. The molecule has 0 fully saturated rings. The van der Waals surface area contributed by atoms with E-state index in [1.54, 1.807) is 12.1 Å². The summed E-state index contributed by atoms with van der Waals surface area (Å²) in [5.74, 6) is 0. The Labute approximate surface area is 88.5 Å². The maximum Gasteiger partial charge on any atom is 0.292 e. The van der Waals surface area contributed by atoms with E-state index in [1.165, 1.54) is 0 Å². The second kappa shape index (κ2) is 3.22. The van der Waals surface area contributed by atoms with Gasteiger partial charge < -0.3 is 5.32 Å². The lowest BCUT2D eigenvalue weighted by Gasteiger charge is -2.21. The molecule has 1 heterocycles. The van der Waals surface area contributed by atoms with Crippen molar-refractivity contribution in [2.24, 2.45) is 0 Å². The maximum absolute atomic E-state index is 10.8. The van der Waals surface area contributed by atoms with E-state index >= 15 is 0 Å². The Morgan fingerprint density at radius 3 is 2.93 bits per heavy atom. The minimum absolute atomic E-state index is 0.0291. The Balaban J connectivity index is 2.57. The number of anilines is 1. The molecule has 0 aromatic heterocycles. The van der Waals surface area contributed by atoms with Crippen LogP contribution in [0, 0.1) is 10.1 Å². The van der Waals surface area contributed by atoms with Crippen LogP contribution in [-0.4, -0.2) is 11.5 Å². The lowest BCUT2D eigenvalue weighted by molar-refractivity contribution is -0.383. The first kappa shape index (κ1) is 9.96. The number of fused-ring (bicyclic) bond motifs is 1. The molecule has 4 heteroatoms. The summed E-state index contributed by atoms with van der Waals surface area (Å²) in [5, 5.41) is 14.0. The molecule has 0 unspecified atom stereocenters. The zero-order valence-electron chi connectivity index (χ0n) is 8.91. The Morgan fingerprint density at radius 1 is 1.60 bits per heavy atom. The Bertz CT molecular complexity index is 417. The van der Waals surface area contributed by atoms with Crippen LogP contribution in [-0.2, 0) is 5.41 Å². The number of para-hydroxylation sites is 1. The monoisotopic (exact) mass is 206 g/mol. The predicted molar refractivity (Wildman–Crippen MR) is 59.2 cm³/mol. The van der Waals surface area contributed by atoms with Gasteiger partial charge in [-0.1, -0.05) is 26.0 Å². The largest absolute Gasteiger partial charge is 0.378 e. The SMILES string of the molecule is CC[C@]1(C)CNc2c([N+](=O)[O-])cccc21. The van der Waals surface area contributed by atoms with Gasteiger partial charge in [-0.15, -0.1) is 0 Å². The molecule has 0 saturated carbocycles. The molecule has 15 heavy (non-hydrogen) atoms. The van der Waals surface area contributed by atoms with Crippen molar-refractivity contribution >= 4 is 11.4 Å². The second-order valence-electron chi connectivity index (χ2n) is 4.22. The molecule has 1 aliphatic rings. The van der Waals surface area contributed by atoms with Gasteiger partial charge in [-0.05, 0) is 12.0 Å². The van der Waals surface area contributed by atoms with Crippen LogP contribution >= 0.6 is 0 Å². The summed E-state index contributed by atoms with van der Waals surface area (Å²) in [4.78, 5) is 10.5. The molecular formula is C11H14N2O2. The fourth-order valence-corrected chi connectivity index (χ4v) is 2.08. The summed E-state index contributed by atoms with van der Waals surface area (Å²) in [5.41, 5.74) is 1.98. The third kappa shape index (κ3) is 1.37. The van der Waals surface area contributed by atoms with E-state index in [0.29, 0.717) is 5.69 Å². The van der Waals surface area contributed by atoms with Crippen molar-refractivity contribution < 1.29 is 4.92 Å². The van der Waals surface area contributed by atoms with Crippen LogP contribution in [0.15, 0.2) is 18.2 Å². The molecule has 0 aliphatic carbocycles. The van der Waals surface area contributed by atoms with Crippen molar-refractivity contribution in [2.75, 3.05) is 11.9 Å². The van der Waals surface area contributed by atoms with Gasteiger partial charge in [-0.3, -0.25) is 10.1 Å². The lowest BCUT2D eigenvalue weighted by atomic mass is 9.82. The molecular weight excluding hydrogens is 192 g/mol. The highest BCUT2D eigenvalue weighted by Gasteiger charge is 2.36. The van der Waals surface area contributed by atoms with E-state index in [0.717, 1.165) is 18.5 Å². The van der Waals surface area contributed by atoms with Gasteiger partial charge >= 0.3 is 0 Å². The molecule has 1 aliphatic heterocycles. The predicted octanol–water partition coefficient (Wildman–Crippen LogP) is 2.69. The lowest BCUT2D eigenvalue weighted by Crippen LogP contribution is -2.22. The maximum atomic E-state index is 10.8. The summed E-state index contributed by atoms with van der Waals surface area (Å²) in [6.45, 7) is 5.02. The zero-order chi connectivity index (χ0) is 11.1. The van der Waals surface area contributed by atoms with Gasteiger partial charge in [0.15, 0.2) is 0 Å². The van der Waals surface area contributed by atoms with Gasteiger partial charge in [0.25, 0.3) is 5.69 Å². The molecule has 1 aromatic carbocycles. The molecule has 0 bridgehead atoms. The Kier molecular flexibility index (Phi) is 2.14. The molecule has 4 nitrogen and oxygen atoms in total. The molecule has 1 atom stereocenters. The Morgan fingerprint density at radius 2 is 2.33 bits per heavy atom. The molecule has 1 N–H and O–H groups in total. The van der Waals surface area contributed by atoms with Crippen LogP contribution in [0.5, 0.6) is 0 Å². The Hall–Kier alpha value is -1.58. The van der Waals surface area contributed by atoms with Crippen molar-refractivity contribution in [3.63, 3.8) is 0 Å². The van der Waals surface area contributed by atoms with Crippen molar-refractivity contribution in [1.82, 2.24) is 0 Å². The number of hydrogen-bond acceptors (Lipinski definition) is 3. The third-order valence-electron chi connectivity index (χ3n) is 3.33. The van der Waals surface area contributed by atoms with Gasteiger partial charge in [-0.2, -0.15) is 0 Å². The smallest absolute Gasteiger partial charge is 0.292 e. The van der Waals surface area contributed by atoms with Crippen molar-refractivity contribution in [1.29, 1.82) is 0 Å². The number of nitro groups is 1. The normalized spacial score (nSPS) is 23.3. The average molecular weight is 206 g/mol. The molecule has 0 amide bonds. The fraction of sp³-hybridized carbons (Fsp3) is 0.455. The van der Waals surface area contributed by atoms with Crippen molar-refractivity contribution in [2.45, 2.75) is 25.7 Å². The summed E-state index contributed by atoms with van der Waals surface area (Å²) in [6.07, 6.45) is 0.980. The number of hydrogen-bond donors (Lipinski definition) is 1. The first-order valence-electron chi connectivity index (χ1n) is 5.10. The number of benzene rings is 1. The molecule has 0 saturated heterocycles. The van der Waals surface area contributed by atoms with E-state index < -0.39 is 0 Å². The highest BCUT2D eigenvalue weighted by atomic mass is 16.6. The summed E-state index contributed by atoms with van der Waals surface area (Å²) < 4.78 is 0. The topological polar surface area (TPSA) is 55.2 Å². The van der Waals surface area contributed by atoms with E-state index in [9.17, 15) is 10.1 Å². The number of nitro benzene ring substituents is 1. The van der Waals surface area contributed by atoms with E-state index in [2.05, 4.69) is 19.2 Å². The summed E-state index contributed by atoms with van der Waals surface area (Å²) in [6, 6.07) is 5.29. The molecule has 80 valence electrons. The number of nitrogens with one attached hydrogen (secondary N) is 1. The number of nitrogens with zero attached hydrogens (tertiary/aromatic N) is 1. The summed E-state index contributed by atoms with van der Waals surface area (Å²) >= 11 is 0. The van der Waals surface area contributed by atoms with Crippen molar-refractivity contribution in [3.05, 3.63) is 33.9 Å². The van der Waals surface area contributed by atoms with E-state index in [-0.39, 0.29) is 16.0 Å². The first-order valence-corrected chi connectivity index (χ1v) is 5.10. The summed E-state index contributed by atoms with van der Waals surface area (Å²) in [7, 11) is 0. The van der Waals surface area contributed by atoms with Crippen LogP contribution in [0.25, 0.3) is 0 Å².